The summed E-state index contributed by atoms with van der Waals surface area (Å²) in [7, 11) is -11.3. The second-order valence-electron chi connectivity index (χ2n) is 7.55. The van der Waals surface area contributed by atoms with E-state index in [1.807, 2.05) is 0 Å². The maximum Gasteiger partial charge on any atom is 0.351 e. The van der Waals surface area contributed by atoms with Gasteiger partial charge in [-0.3, -0.25) is 18.2 Å². The smallest absolute Gasteiger partial charge is 0.351 e. The first kappa shape index (κ1) is 27.3. The van der Waals surface area contributed by atoms with Gasteiger partial charge in [0.15, 0.2) is 12.5 Å². The molecule has 2 aliphatic rings. The van der Waals surface area contributed by atoms with Crippen LogP contribution in [0, 0.1) is 0 Å². The Morgan fingerprint density at radius 3 is 2.50 bits per heavy atom. The van der Waals surface area contributed by atoms with Crippen molar-refractivity contribution in [2.75, 3.05) is 12.3 Å². The Balaban J connectivity index is 1.59. The predicted molar refractivity (Wildman–Crippen MR) is 103 cm³/mol. The van der Waals surface area contributed by atoms with Crippen LogP contribution in [0.25, 0.3) is 0 Å². The number of aliphatic hydroxyl groups excluding tert-OH is 4. The lowest BCUT2D eigenvalue weighted by Gasteiger charge is -2.39. The largest absolute Gasteiger partial charge is 0.756 e. The molecule has 0 aliphatic carbocycles. The van der Waals surface area contributed by atoms with Gasteiger partial charge in [0, 0.05) is 12.6 Å². The van der Waals surface area contributed by atoms with Crippen LogP contribution in [-0.4, -0.2) is 79.5 Å². The van der Waals surface area contributed by atoms with Gasteiger partial charge < -0.3 is 49.9 Å². The molecule has 34 heavy (non-hydrogen) atoms. The molecule has 0 saturated carbocycles. The molecule has 194 valence electrons. The van der Waals surface area contributed by atoms with Crippen molar-refractivity contribution < 1.29 is 62.2 Å². The molecule has 2 fully saturated rings. The lowest BCUT2D eigenvalue weighted by atomic mass is 10.0. The molecule has 10 atom stereocenters. The van der Waals surface area contributed by atoms with Gasteiger partial charge in [0.1, 0.15) is 30.2 Å². The quantitative estimate of drug-likeness (QED) is 0.202. The van der Waals surface area contributed by atoms with Crippen molar-refractivity contribution in [1.29, 1.82) is 0 Å². The summed E-state index contributed by atoms with van der Waals surface area (Å²) in [5.41, 5.74) is 4.45. The summed E-state index contributed by atoms with van der Waals surface area (Å²) < 4.78 is 47.7. The Bertz CT molecular complexity index is 1020. The number of nitrogens with two attached hydrogens (primary N) is 1. The van der Waals surface area contributed by atoms with Crippen molar-refractivity contribution in [3.8, 4) is 0 Å². The Labute approximate surface area is 191 Å². The maximum absolute atomic E-state index is 12.0. The Hall–Kier alpha value is -1.30. The lowest BCUT2D eigenvalue weighted by molar-refractivity contribution is -0.281. The normalized spacial score (nSPS) is 37.7. The van der Waals surface area contributed by atoms with Gasteiger partial charge >= 0.3 is 5.69 Å². The first-order valence-corrected chi connectivity index (χ1v) is 12.7. The minimum absolute atomic E-state index is 0.111. The number of hydrogen-bond donors (Lipinski definition) is 5. The van der Waals surface area contributed by atoms with Crippen LogP contribution in [0.4, 0.5) is 5.82 Å². The van der Waals surface area contributed by atoms with Crippen LogP contribution in [0.1, 0.15) is 19.6 Å². The Morgan fingerprint density at radius 1 is 1.18 bits per heavy atom. The molecule has 0 aromatic carbocycles. The van der Waals surface area contributed by atoms with Crippen LogP contribution < -0.4 is 21.2 Å². The van der Waals surface area contributed by atoms with E-state index >= 15 is 0 Å². The van der Waals surface area contributed by atoms with Gasteiger partial charge in [-0.15, -0.1) is 0 Å². The Morgan fingerprint density at radius 2 is 1.85 bits per heavy atom. The van der Waals surface area contributed by atoms with Gasteiger partial charge in [-0.05, 0) is 13.0 Å². The highest BCUT2D eigenvalue weighted by molar-refractivity contribution is 7.59. The van der Waals surface area contributed by atoms with Gasteiger partial charge in [-0.2, -0.15) is 4.98 Å². The summed E-state index contributed by atoms with van der Waals surface area (Å²) >= 11 is 0. The van der Waals surface area contributed by atoms with Crippen LogP contribution in [0.2, 0.25) is 0 Å². The SMILES string of the molecule is C[C@H]1O[C@H](OP(=O)([O-])OP(=O)([O-])OC[C@H]2O[C@@H](n3ccc(N)nc3=O)[C@H](O)[C@@H]2O)[C@@H](O)C[C@@H]1O. The van der Waals surface area contributed by atoms with E-state index in [2.05, 4.69) is 18.3 Å². The van der Waals surface area contributed by atoms with Crippen LogP contribution in [0.5, 0.6) is 0 Å². The van der Waals surface area contributed by atoms with Gasteiger partial charge in [-0.1, -0.05) is 0 Å². The Kier molecular flexibility index (Phi) is 8.32. The highest BCUT2D eigenvalue weighted by Crippen LogP contribution is 2.57. The first-order valence-electron chi connectivity index (χ1n) is 9.73. The van der Waals surface area contributed by atoms with Crippen LogP contribution in [0.15, 0.2) is 17.1 Å². The highest BCUT2D eigenvalue weighted by Gasteiger charge is 2.45. The van der Waals surface area contributed by atoms with Gasteiger partial charge in [0.2, 0.25) is 0 Å². The number of phosphoric acid groups is 2. The third-order valence-electron chi connectivity index (χ3n) is 4.98. The topological polar surface area (TPSA) is 268 Å². The number of nitrogen functional groups attached to an aromatic ring is 1. The molecule has 1 aromatic heterocycles. The zero-order chi connectivity index (χ0) is 25.4. The summed E-state index contributed by atoms with van der Waals surface area (Å²) in [6, 6.07) is 1.22. The highest BCUT2D eigenvalue weighted by atomic mass is 31.3. The van der Waals surface area contributed by atoms with Crippen molar-refractivity contribution >= 4 is 21.5 Å². The molecule has 0 bridgehead atoms. The van der Waals surface area contributed by atoms with Crippen molar-refractivity contribution in [1.82, 2.24) is 9.55 Å². The number of ether oxygens (including phenoxy) is 2. The molecule has 3 rings (SSSR count). The van der Waals surface area contributed by atoms with Gasteiger partial charge in [-0.25, -0.2) is 9.11 Å². The number of nitrogens with zero attached hydrogens (tertiary/aromatic N) is 2. The minimum atomic E-state index is -5.66. The van der Waals surface area contributed by atoms with Gasteiger partial charge in [0.05, 0.1) is 18.8 Å². The summed E-state index contributed by atoms with van der Waals surface area (Å²) in [5.74, 6) is -0.111. The lowest BCUT2D eigenvalue weighted by Crippen LogP contribution is -2.47. The third-order valence-corrected chi connectivity index (χ3v) is 7.51. The van der Waals surface area contributed by atoms with Crippen LogP contribution in [-0.2, 0) is 32.0 Å². The van der Waals surface area contributed by atoms with E-state index in [4.69, 9.17) is 15.2 Å². The first-order chi connectivity index (χ1) is 15.7. The average molecular weight is 531 g/mol. The predicted octanol–water partition coefficient (Wildman–Crippen LogP) is -3.71. The monoisotopic (exact) mass is 531 g/mol. The molecule has 3 heterocycles. The zero-order valence-corrected chi connectivity index (χ0v) is 19.2. The standard InChI is InChI=1S/C15H25N3O14P2/c1-6-7(19)4-8(20)14(29-6)31-34(26,27)32-33(24,25)28-5-9-11(21)12(22)13(30-9)18-3-2-10(16)17-15(18)23/h2-3,6-9,11-14,19-22H,4-5H2,1H3,(H,24,25)(H,26,27)(H2,16,17,23)/p-2/t6-,7+,8+,9-,11-,12-,13-,14-/m1/s1. The fourth-order valence-electron chi connectivity index (χ4n) is 3.21. The van der Waals surface area contributed by atoms with Crippen molar-refractivity contribution in [2.45, 2.75) is 62.5 Å². The summed E-state index contributed by atoms with van der Waals surface area (Å²) in [6.45, 7) is 0.354. The number of aliphatic hydroxyl groups is 4. The van der Waals surface area contributed by atoms with Crippen molar-refractivity contribution in [3.63, 3.8) is 0 Å². The fraction of sp³-hybridized carbons (Fsp3) is 0.733. The van der Waals surface area contributed by atoms with Crippen molar-refractivity contribution in [2.24, 2.45) is 0 Å². The van der Waals surface area contributed by atoms with Gasteiger partial charge in [0.25, 0.3) is 15.6 Å². The second kappa shape index (κ2) is 10.4. The number of aromatic nitrogens is 2. The summed E-state index contributed by atoms with van der Waals surface area (Å²) in [5, 5.41) is 39.6. The number of phosphoric ester groups is 2. The molecule has 0 radical (unpaired) electrons. The zero-order valence-electron chi connectivity index (χ0n) is 17.4. The fourth-order valence-corrected chi connectivity index (χ4v) is 5.31. The molecule has 0 amide bonds. The van der Waals surface area contributed by atoms with E-state index in [0.29, 0.717) is 0 Å². The van der Waals surface area contributed by atoms with E-state index in [1.165, 1.54) is 13.0 Å². The molecule has 19 heteroatoms. The third kappa shape index (κ3) is 6.47. The van der Waals surface area contributed by atoms with Crippen LogP contribution >= 0.6 is 15.6 Å². The molecular weight excluding hydrogens is 508 g/mol. The number of rotatable bonds is 8. The maximum atomic E-state index is 12.0. The van der Waals surface area contributed by atoms with Crippen molar-refractivity contribution in [3.05, 3.63) is 22.7 Å². The molecular formula is C15H23N3O14P2-2. The summed E-state index contributed by atoms with van der Waals surface area (Å²) in [6.07, 6.45) is -11.1. The molecule has 2 saturated heterocycles. The van der Waals surface area contributed by atoms with E-state index in [1.54, 1.807) is 0 Å². The molecule has 17 nitrogen and oxygen atoms in total. The van der Waals surface area contributed by atoms with E-state index in [0.717, 1.165) is 10.8 Å². The number of hydrogen-bond acceptors (Lipinski definition) is 16. The van der Waals surface area contributed by atoms with E-state index < -0.39 is 77.1 Å². The minimum Gasteiger partial charge on any atom is -0.756 e. The number of anilines is 1. The van der Waals surface area contributed by atoms with Crippen LogP contribution in [0.3, 0.4) is 0 Å². The molecule has 6 N–H and O–H groups in total. The average Bonchev–Trinajstić information content (AvgIpc) is 2.98. The molecule has 2 unspecified atom stereocenters. The van der Waals surface area contributed by atoms with E-state index in [-0.39, 0.29) is 12.2 Å². The molecule has 2 aliphatic heterocycles. The molecule has 1 aromatic rings. The molecule has 0 spiro atoms. The summed E-state index contributed by atoms with van der Waals surface area (Å²) in [4.78, 5) is 39.3. The second-order valence-corrected chi connectivity index (χ2v) is 10.5. The van der Waals surface area contributed by atoms with E-state index in [9.17, 15) is 44.1 Å².